The average molecular weight is 315 g/mol. The van der Waals surface area contributed by atoms with Crippen LogP contribution in [0, 0.1) is 5.82 Å². The van der Waals surface area contributed by atoms with Gasteiger partial charge in [-0.15, -0.1) is 0 Å². The predicted molar refractivity (Wildman–Crippen MR) is 80.5 cm³/mol. The number of hydrogen-bond acceptors (Lipinski definition) is 4. The zero-order valence-electron chi connectivity index (χ0n) is 12.1. The van der Waals surface area contributed by atoms with Gasteiger partial charge >= 0.3 is 5.97 Å². The molecule has 6 heteroatoms. The molecule has 0 spiro atoms. The lowest BCUT2D eigenvalue weighted by Crippen LogP contribution is -2.31. The van der Waals surface area contributed by atoms with Gasteiger partial charge in [-0.2, -0.15) is 0 Å². The molecule has 0 aromatic heterocycles. The maximum absolute atomic E-state index is 13.4. The van der Waals surface area contributed by atoms with Crippen molar-refractivity contribution in [1.82, 2.24) is 5.32 Å². The lowest BCUT2D eigenvalue weighted by Gasteiger charge is -2.06. The minimum Gasteiger partial charge on any atom is -0.456 e. The van der Waals surface area contributed by atoms with Gasteiger partial charge in [-0.05, 0) is 24.3 Å². The third-order valence-electron chi connectivity index (χ3n) is 2.97. The molecule has 0 unspecified atom stereocenters. The second kappa shape index (κ2) is 7.84. The summed E-state index contributed by atoms with van der Waals surface area (Å²) in [7, 11) is 0. The largest absolute Gasteiger partial charge is 0.456 e. The Labute approximate surface area is 132 Å². The lowest BCUT2D eigenvalue weighted by molar-refractivity contribution is -0.141. The van der Waals surface area contributed by atoms with Gasteiger partial charge in [0.25, 0.3) is 5.91 Å². The van der Waals surface area contributed by atoms with Crippen molar-refractivity contribution >= 4 is 17.7 Å². The summed E-state index contributed by atoms with van der Waals surface area (Å²) in [5, 5.41) is 2.37. The number of Topliss-reactive ketones (excluding diaryl/α,β-unsaturated/α-hetero) is 1. The standard InChI is InChI=1S/C17H14FNO4/c18-14-9-5-4-8-13(14)15(20)11-23-16(21)10-19-17(22)12-6-2-1-3-7-12/h1-9H,10-11H2,(H,19,22). The van der Waals surface area contributed by atoms with Gasteiger partial charge in [-0.25, -0.2) is 4.39 Å². The van der Waals surface area contributed by atoms with Gasteiger partial charge in [0.15, 0.2) is 6.61 Å². The van der Waals surface area contributed by atoms with Gasteiger partial charge in [0.05, 0.1) is 5.56 Å². The highest BCUT2D eigenvalue weighted by molar-refractivity contribution is 5.99. The fourth-order valence-electron chi connectivity index (χ4n) is 1.81. The van der Waals surface area contributed by atoms with Crippen molar-refractivity contribution in [2.24, 2.45) is 0 Å². The summed E-state index contributed by atoms with van der Waals surface area (Å²) in [5.74, 6) is -2.53. The zero-order valence-corrected chi connectivity index (χ0v) is 12.1. The molecule has 0 aliphatic rings. The van der Waals surface area contributed by atoms with Gasteiger partial charge < -0.3 is 10.1 Å². The summed E-state index contributed by atoms with van der Waals surface area (Å²) in [5.41, 5.74) is 0.261. The van der Waals surface area contributed by atoms with Crippen LogP contribution in [0.15, 0.2) is 54.6 Å². The van der Waals surface area contributed by atoms with E-state index < -0.39 is 30.1 Å². The molecule has 1 amide bonds. The van der Waals surface area contributed by atoms with Gasteiger partial charge in [0.1, 0.15) is 12.4 Å². The van der Waals surface area contributed by atoms with Crippen molar-refractivity contribution < 1.29 is 23.5 Å². The van der Waals surface area contributed by atoms with Crippen LogP contribution in [0.3, 0.4) is 0 Å². The van der Waals surface area contributed by atoms with Gasteiger partial charge in [0, 0.05) is 5.56 Å². The quantitative estimate of drug-likeness (QED) is 0.653. The maximum Gasteiger partial charge on any atom is 0.325 e. The molecule has 1 N–H and O–H groups in total. The molecule has 2 aromatic rings. The first-order valence-corrected chi connectivity index (χ1v) is 6.84. The third-order valence-corrected chi connectivity index (χ3v) is 2.97. The Morgan fingerprint density at radius 3 is 2.30 bits per heavy atom. The van der Waals surface area contributed by atoms with E-state index in [1.165, 1.54) is 18.2 Å². The van der Waals surface area contributed by atoms with Crippen LogP contribution in [0.1, 0.15) is 20.7 Å². The average Bonchev–Trinajstić information content (AvgIpc) is 2.58. The van der Waals surface area contributed by atoms with Crippen molar-refractivity contribution in [1.29, 1.82) is 0 Å². The maximum atomic E-state index is 13.4. The molecule has 2 rings (SSSR count). The molecule has 5 nitrogen and oxygen atoms in total. The molecule has 0 radical (unpaired) electrons. The van der Waals surface area contributed by atoms with Gasteiger partial charge in [-0.1, -0.05) is 30.3 Å². The summed E-state index contributed by atoms with van der Waals surface area (Å²) >= 11 is 0. The molecule has 0 saturated carbocycles. The molecule has 0 aliphatic carbocycles. The Kier molecular flexibility index (Phi) is 5.57. The van der Waals surface area contributed by atoms with Crippen LogP contribution >= 0.6 is 0 Å². The number of rotatable bonds is 6. The molecular formula is C17H14FNO4. The Bertz CT molecular complexity index is 716. The SMILES string of the molecule is O=C(CNC(=O)c1ccccc1)OCC(=O)c1ccccc1F. The smallest absolute Gasteiger partial charge is 0.325 e. The number of nitrogens with one attached hydrogen (secondary N) is 1. The van der Waals surface area contributed by atoms with Crippen LogP contribution in [-0.4, -0.2) is 30.8 Å². The van der Waals surface area contributed by atoms with Crippen LogP contribution < -0.4 is 5.32 Å². The zero-order chi connectivity index (χ0) is 16.7. The number of ether oxygens (including phenoxy) is 1. The summed E-state index contributed by atoms with van der Waals surface area (Å²) in [6.07, 6.45) is 0. The summed E-state index contributed by atoms with van der Waals surface area (Å²) in [4.78, 5) is 35.0. The molecule has 0 fully saturated rings. The van der Waals surface area contributed by atoms with Crippen LogP contribution in [0.2, 0.25) is 0 Å². The number of hydrogen-bond donors (Lipinski definition) is 1. The van der Waals surface area contributed by atoms with Crippen LogP contribution in [0.4, 0.5) is 4.39 Å². The van der Waals surface area contributed by atoms with E-state index in [0.717, 1.165) is 6.07 Å². The topological polar surface area (TPSA) is 72.5 Å². The molecule has 0 atom stereocenters. The van der Waals surface area contributed by atoms with E-state index in [2.05, 4.69) is 5.32 Å². The van der Waals surface area contributed by atoms with Crippen molar-refractivity contribution in [3.63, 3.8) is 0 Å². The van der Waals surface area contributed by atoms with E-state index in [1.54, 1.807) is 30.3 Å². The van der Waals surface area contributed by atoms with E-state index in [4.69, 9.17) is 4.74 Å². The van der Waals surface area contributed by atoms with Crippen LogP contribution in [0.25, 0.3) is 0 Å². The Morgan fingerprint density at radius 2 is 1.61 bits per heavy atom. The molecule has 0 bridgehead atoms. The highest BCUT2D eigenvalue weighted by Gasteiger charge is 2.14. The van der Waals surface area contributed by atoms with Crippen LogP contribution in [-0.2, 0) is 9.53 Å². The number of amides is 1. The van der Waals surface area contributed by atoms with E-state index >= 15 is 0 Å². The normalized spacial score (nSPS) is 9.96. The Morgan fingerprint density at radius 1 is 0.957 bits per heavy atom. The lowest BCUT2D eigenvalue weighted by atomic mass is 10.1. The number of halogens is 1. The number of carbonyl (C=O) groups excluding carboxylic acids is 3. The minimum atomic E-state index is -0.779. The number of benzene rings is 2. The minimum absolute atomic E-state index is 0.145. The van der Waals surface area contributed by atoms with E-state index in [0.29, 0.717) is 5.56 Å². The second-order valence-corrected chi connectivity index (χ2v) is 4.61. The predicted octanol–water partition coefficient (Wildman–Crippen LogP) is 1.98. The Balaban J connectivity index is 1.78. The molecule has 0 heterocycles. The molecule has 118 valence electrons. The number of esters is 1. The first-order chi connectivity index (χ1) is 11.1. The number of ketones is 1. The fourth-order valence-corrected chi connectivity index (χ4v) is 1.81. The van der Waals surface area contributed by atoms with Crippen molar-refractivity contribution in [3.05, 3.63) is 71.5 Å². The molecule has 23 heavy (non-hydrogen) atoms. The highest BCUT2D eigenvalue weighted by atomic mass is 19.1. The fraction of sp³-hybridized carbons (Fsp3) is 0.118. The summed E-state index contributed by atoms with van der Waals surface area (Å²) < 4.78 is 18.1. The van der Waals surface area contributed by atoms with E-state index in [9.17, 15) is 18.8 Å². The first-order valence-electron chi connectivity index (χ1n) is 6.84. The third kappa shape index (κ3) is 4.74. The van der Waals surface area contributed by atoms with Crippen molar-refractivity contribution in [2.75, 3.05) is 13.2 Å². The highest BCUT2D eigenvalue weighted by Crippen LogP contribution is 2.07. The molecule has 0 saturated heterocycles. The van der Waals surface area contributed by atoms with E-state index in [1.807, 2.05) is 0 Å². The van der Waals surface area contributed by atoms with Crippen molar-refractivity contribution in [2.45, 2.75) is 0 Å². The summed E-state index contributed by atoms with van der Waals surface area (Å²) in [6, 6.07) is 13.8. The first kappa shape index (κ1) is 16.4. The Hall–Kier alpha value is -3.02. The summed E-state index contributed by atoms with van der Waals surface area (Å²) in [6.45, 7) is -0.959. The molecule has 0 aliphatic heterocycles. The van der Waals surface area contributed by atoms with Gasteiger partial charge in [-0.3, -0.25) is 14.4 Å². The molecular weight excluding hydrogens is 301 g/mol. The monoisotopic (exact) mass is 315 g/mol. The van der Waals surface area contributed by atoms with Crippen molar-refractivity contribution in [3.8, 4) is 0 Å². The molecule has 2 aromatic carbocycles. The number of carbonyl (C=O) groups is 3. The van der Waals surface area contributed by atoms with Gasteiger partial charge in [0.2, 0.25) is 5.78 Å². The van der Waals surface area contributed by atoms with Crippen LogP contribution in [0.5, 0.6) is 0 Å². The second-order valence-electron chi connectivity index (χ2n) is 4.61. The van der Waals surface area contributed by atoms with E-state index in [-0.39, 0.29) is 12.1 Å².